The fourth-order valence-electron chi connectivity index (χ4n) is 2.23. The first-order valence-corrected chi connectivity index (χ1v) is 5.76. The third-order valence-corrected chi connectivity index (χ3v) is 3.20. The standard InChI is InChI=1S/C13H19NO.ClH/c1-10(15)12-3-2-4-13(9-12)11-5-7-14-8-6-11;/h2-4,9-11,14-15H,5-8H2,1H3;1H. The highest BCUT2D eigenvalue weighted by Gasteiger charge is 2.15. The van der Waals surface area contributed by atoms with Crippen molar-refractivity contribution >= 4 is 12.4 Å². The molecule has 1 aliphatic heterocycles. The van der Waals surface area contributed by atoms with Crippen LogP contribution in [0, 0.1) is 0 Å². The summed E-state index contributed by atoms with van der Waals surface area (Å²) in [4.78, 5) is 0. The largest absolute Gasteiger partial charge is 0.389 e. The van der Waals surface area contributed by atoms with Crippen LogP contribution in [0.5, 0.6) is 0 Å². The van der Waals surface area contributed by atoms with Gasteiger partial charge in [0.1, 0.15) is 0 Å². The molecule has 0 bridgehead atoms. The zero-order chi connectivity index (χ0) is 10.7. The van der Waals surface area contributed by atoms with Crippen molar-refractivity contribution in [2.45, 2.75) is 31.8 Å². The van der Waals surface area contributed by atoms with Crippen LogP contribution in [0.4, 0.5) is 0 Å². The van der Waals surface area contributed by atoms with Gasteiger partial charge in [-0.05, 0) is 49.9 Å². The predicted octanol–water partition coefficient (Wildman–Crippen LogP) is 2.63. The molecule has 1 fully saturated rings. The smallest absolute Gasteiger partial charge is 0.0762 e. The van der Waals surface area contributed by atoms with Crippen molar-refractivity contribution in [1.82, 2.24) is 5.32 Å². The van der Waals surface area contributed by atoms with Crippen LogP contribution >= 0.6 is 12.4 Å². The first-order chi connectivity index (χ1) is 7.27. The van der Waals surface area contributed by atoms with Crippen molar-refractivity contribution in [2.75, 3.05) is 13.1 Å². The molecule has 0 aliphatic carbocycles. The van der Waals surface area contributed by atoms with Crippen LogP contribution in [0.25, 0.3) is 0 Å². The number of rotatable bonds is 2. The van der Waals surface area contributed by atoms with Crippen LogP contribution in [0.2, 0.25) is 0 Å². The summed E-state index contributed by atoms with van der Waals surface area (Å²) in [5.41, 5.74) is 2.42. The van der Waals surface area contributed by atoms with E-state index in [0.29, 0.717) is 5.92 Å². The van der Waals surface area contributed by atoms with Crippen molar-refractivity contribution in [3.05, 3.63) is 35.4 Å². The molecule has 1 aromatic carbocycles. The van der Waals surface area contributed by atoms with Gasteiger partial charge in [0.05, 0.1) is 6.10 Å². The maximum Gasteiger partial charge on any atom is 0.0762 e. The third-order valence-electron chi connectivity index (χ3n) is 3.20. The molecule has 2 nitrogen and oxygen atoms in total. The Balaban J connectivity index is 0.00000128. The minimum atomic E-state index is -0.355. The summed E-state index contributed by atoms with van der Waals surface area (Å²) in [5.74, 6) is 0.671. The molecular weight excluding hydrogens is 222 g/mol. The Kier molecular flexibility index (Phi) is 5.26. The molecule has 2 N–H and O–H groups in total. The van der Waals surface area contributed by atoms with E-state index in [2.05, 4.69) is 23.5 Å². The summed E-state index contributed by atoms with van der Waals surface area (Å²) in [5, 5.41) is 12.9. The SMILES string of the molecule is CC(O)c1cccc(C2CCNCC2)c1.Cl. The molecule has 90 valence electrons. The topological polar surface area (TPSA) is 32.3 Å². The van der Waals surface area contributed by atoms with Gasteiger partial charge in [-0.25, -0.2) is 0 Å². The monoisotopic (exact) mass is 241 g/mol. The summed E-state index contributed by atoms with van der Waals surface area (Å²) in [6.07, 6.45) is 2.07. The average molecular weight is 242 g/mol. The van der Waals surface area contributed by atoms with Gasteiger partial charge < -0.3 is 10.4 Å². The lowest BCUT2D eigenvalue weighted by atomic mass is 9.89. The van der Waals surface area contributed by atoms with Gasteiger partial charge >= 0.3 is 0 Å². The quantitative estimate of drug-likeness (QED) is 0.835. The minimum Gasteiger partial charge on any atom is -0.389 e. The van der Waals surface area contributed by atoms with Crippen LogP contribution in [0.3, 0.4) is 0 Å². The van der Waals surface area contributed by atoms with Crippen LogP contribution in [-0.4, -0.2) is 18.2 Å². The van der Waals surface area contributed by atoms with Gasteiger partial charge in [-0.2, -0.15) is 0 Å². The van der Waals surface area contributed by atoms with E-state index in [4.69, 9.17) is 0 Å². The van der Waals surface area contributed by atoms with E-state index in [9.17, 15) is 5.11 Å². The number of nitrogens with one attached hydrogen (secondary N) is 1. The molecular formula is C13H20ClNO. The number of aliphatic hydroxyl groups excluding tert-OH is 1. The minimum absolute atomic E-state index is 0. The molecule has 0 radical (unpaired) electrons. The average Bonchev–Trinajstić information content (AvgIpc) is 2.30. The van der Waals surface area contributed by atoms with Crippen molar-refractivity contribution in [3.63, 3.8) is 0 Å². The molecule has 0 saturated carbocycles. The molecule has 1 saturated heterocycles. The highest BCUT2D eigenvalue weighted by atomic mass is 35.5. The Bertz CT molecular complexity index is 321. The lowest BCUT2D eigenvalue weighted by molar-refractivity contribution is 0.199. The Hall–Kier alpha value is -0.570. The zero-order valence-corrected chi connectivity index (χ0v) is 10.5. The molecule has 0 aromatic heterocycles. The zero-order valence-electron chi connectivity index (χ0n) is 9.65. The molecule has 2 rings (SSSR count). The molecule has 1 atom stereocenters. The third kappa shape index (κ3) is 3.21. The van der Waals surface area contributed by atoms with Gasteiger partial charge in [0.2, 0.25) is 0 Å². The summed E-state index contributed by atoms with van der Waals surface area (Å²) >= 11 is 0. The van der Waals surface area contributed by atoms with Crippen LogP contribution in [-0.2, 0) is 0 Å². The fourth-order valence-corrected chi connectivity index (χ4v) is 2.23. The van der Waals surface area contributed by atoms with Crippen molar-refractivity contribution in [1.29, 1.82) is 0 Å². The second-order valence-electron chi connectivity index (χ2n) is 4.37. The van der Waals surface area contributed by atoms with Crippen molar-refractivity contribution in [3.8, 4) is 0 Å². The number of benzene rings is 1. The molecule has 16 heavy (non-hydrogen) atoms. The maximum atomic E-state index is 9.53. The Labute approximate surface area is 103 Å². The molecule has 0 amide bonds. The number of aliphatic hydroxyl groups is 1. The van der Waals surface area contributed by atoms with Gasteiger partial charge in [0, 0.05) is 0 Å². The van der Waals surface area contributed by atoms with E-state index in [1.807, 2.05) is 13.0 Å². The van der Waals surface area contributed by atoms with Gasteiger partial charge in [0.25, 0.3) is 0 Å². The second-order valence-corrected chi connectivity index (χ2v) is 4.37. The van der Waals surface area contributed by atoms with E-state index in [1.165, 1.54) is 18.4 Å². The van der Waals surface area contributed by atoms with E-state index in [-0.39, 0.29) is 18.5 Å². The first-order valence-electron chi connectivity index (χ1n) is 5.76. The van der Waals surface area contributed by atoms with Gasteiger partial charge in [-0.1, -0.05) is 24.3 Å². The molecule has 3 heteroatoms. The normalized spacial score (nSPS) is 18.9. The van der Waals surface area contributed by atoms with E-state index in [1.54, 1.807) is 0 Å². The van der Waals surface area contributed by atoms with E-state index in [0.717, 1.165) is 18.7 Å². The number of halogens is 1. The molecule has 0 spiro atoms. The van der Waals surface area contributed by atoms with E-state index < -0.39 is 0 Å². The number of piperidine rings is 1. The Morgan fingerprint density at radius 2 is 2.00 bits per heavy atom. The van der Waals surface area contributed by atoms with Gasteiger partial charge in [-0.3, -0.25) is 0 Å². The predicted molar refractivity (Wildman–Crippen MR) is 69.2 cm³/mol. The highest BCUT2D eigenvalue weighted by Crippen LogP contribution is 2.27. The lowest BCUT2D eigenvalue weighted by Gasteiger charge is -2.23. The fraction of sp³-hybridized carbons (Fsp3) is 0.538. The number of hydrogen-bond acceptors (Lipinski definition) is 2. The van der Waals surface area contributed by atoms with Crippen LogP contribution in [0.1, 0.15) is 42.9 Å². The summed E-state index contributed by atoms with van der Waals surface area (Å²) in [6, 6.07) is 8.39. The Morgan fingerprint density at radius 1 is 1.31 bits per heavy atom. The van der Waals surface area contributed by atoms with Crippen molar-refractivity contribution in [2.24, 2.45) is 0 Å². The Morgan fingerprint density at radius 3 is 2.62 bits per heavy atom. The van der Waals surface area contributed by atoms with Crippen molar-refractivity contribution < 1.29 is 5.11 Å². The molecule has 1 aliphatic rings. The second kappa shape index (κ2) is 6.24. The summed E-state index contributed by atoms with van der Waals surface area (Å²) in [6.45, 7) is 4.05. The molecule has 1 heterocycles. The lowest BCUT2D eigenvalue weighted by Crippen LogP contribution is -2.26. The van der Waals surface area contributed by atoms with Gasteiger partial charge in [0.15, 0.2) is 0 Å². The van der Waals surface area contributed by atoms with Crippen LogP contribution in [0.15, 0.2) is 24.3 Å². The summed E-state index contributed by atoms with van der Waals surface area (Å²) in [7, 11) is 0. The number of hydrogen-bond donors (Lipinski definition) is 2. The van der Waals surface area contributed by atoms with E-state index >= 15 is 0 Å². The van der Waals surface area contributed by atoms with Gasteiger partial charge in [-0.15, -0.1) is 12.4 Å². The first kappa shape index (κ1) is 13.5. The molecule has 1 unspecified atom stereocenters. The maximum absolute atomic E-state index is 9.53. The highest BCUT2D eigenvalue weighted by molar-refractivity contribution is 5.85. The summed E-state index contributed by atoms with van der Waals surface area (Å²) < 4.78 is 0. The molecule has 1 aromatic rings. The van der Waals surface area contributed by atoms with Crippen LogP contribution < -0.4 is 5.32 Å².